The number of hydrogen-bond donors (Lipinski definition) is 2. The maximum atomic E-state index is 6.14. The molecule has 1 heterocycles. The van der Waals surface area contributed by atoms with E-state index in [4.69, 9.17) is 35.4 Å². The quantitative estimate of drug-likeness (QED) is 0.842. The molecule has 4 nitrogen and oxygen atoms in total. The average molecular weight is 329 g/mol. The molecule has 1 aromatic carbocycles. The second-order valence-corrected chi connectivity index (χ2v) is 5.37. The Morgan fingerprint density at radius 3 is 2.85 bits per heavy atom. The predicted molar refractivity (Wildman–Crippen MR) is 87.7 cm³/mol. The zero-order chi connectivity index (χ0) is 14.5. The number of halogens is 2. The molecule has 0 radical (unpaired) electrons. The summed E-state index contributed by atoms with van der Waals surface area (Å²) in [5.41, 5.74) is 0.958. The first-order valence-corrected chi connectivity index (χ1v) is 7.27. The fourth-order valence-corrected chi connectivity index (χ4v) is 2.38. The Morgan fingerprint density at radius 1 is 1.35 bits per heavy atom. The van der Waals surface area contributed by atoms with Crippen LogP contribution in [-0.4, -0.2) is 21.4 Å². The zero-order valence-electron chi connectivity index (χ0n) is 10.9. The summed E-state index contributed by atoms with van der Waals surface area (Å²) < 4.78 is 1.78. The van der Waals surface area contributed by atoms with E-state index < -0.39 is 0 Å². The van der Waals surface area contributed by atoms with Crippen LogP contribution in [0.3, 0.4) is 0 Å². The molecule has 0 amide bonds. The number of hydrogen-bond acceptors (Lipinski definition) is 2. The van der Waals surface area contributed by atoms with E-state index in [2.05, 4.69) is 15.7 Å². The minimum Gasteiger partial charge on any atom is -0.363 e. The van der Waals surface area contributed by atoms with Crippen LogP contribution in [-0.2, 0) is 6.54 Å². The molecule has 0 aliphatic heterocycles. The molecule has 0 aliphatic rings. The average Bonchev–Trinajstić information content (AvgIpc) is 2.80. The summed E-state index contributed by atoms with van der Waals surface area (Å²) in [7, 11) is 0. The Morgan fingerprint density at radius 2 is 2.15 bits per heavy atom. The summed E-state index contributed by atoms with van der Waals surface area (Å²) in [5.74, 6) is 0.695. The molecule has 106 valence electrons. The van der Waals surface area contributed by atoms with E-state index in [0.717, 1.165) is 12.1 Å². The zero-order valence-corrected chi connectivity index (χ0v) is 13.2. The number of nitrogens with zero attached hydrogens (tertiary/aromatic N) is 2. The van der Waals surface area contributed by atoms with Crippen LogP contribution >= 0.6 is 35.4 Å². The van der Waals surface area contributed by atoms with Gasteiger partial charge in [-0.2, -0.15) is 5.10 Å². The van der Waals surface area contributed by atoms with Crippen LogP contribution in [0.15, 0.2) is 30.5 Å². The van der Waals surface area contributed by atoms with Crippen molar-refractivity contribution in [3.05, 3.63) is 46.1 Å². The van der Waals surface area contributed by atoms with Crippen LogP contribution < -0.4 is 10.6 Å². The van der Waals surface area contributed by atoms with Crippen LogP contribution in [0, 0.1) is 0 Å². The van der Waals surface area contributed by atoms with Crippen molar-refractivity contribution in [2.45, 2.75) is 13.5 Å². The van der Waals surface area contributed by atoms with E-state index in [9.17, 15) is 0 Å². The third-order valence-electron chi connectivity index (χ3n) is 2.57. The minimum atomic E-state index is 0.558. The number of nitrogens with one attached hydrogen (secondary N) is 2. The van der Waals surface area contributed by atoms with E-state index in [1.807, 2.05) is 31.3 Å². The SMILES string of the molecule is CCNC(=S)Nc1ccn(Cc2ccc(Cl)cc2Cl)n1. The van der Waals surface area contributed by atoms with Gasteiger partial charge in [-0.3, -0.25) is 4.68 Å². The Labute approximate surface area is 133 Å². The molecule has 20 heavy (non-hydrogen) atoms. The molecule has 2 aromatic rings. The molecule has 0 fully saturated rings. The summed E-state index contributed by atoms with van der Waals surface area (Å²) in [5, 5.41) is 12.2. The van der Waals surface area contributed by atoms with E-state index in [1.54, 1.807) is 10.7 Å². The molecule has 1 aromatic heterocycles. The van der Waals surface area contributed by atoms with Crippen LogP contribution in [0.2, 0.25) is 10.0 Å². The lowest BCUT2D eigenvalue weighted by molar-refractivity contribution is 0.690. The van der Waals surface area contributed by atoms with E-state index >= 15 is 0 Å². The number of aromatic nitrogens is 2. The maximum Gasteiger partial charge on any atom is 0.171 e. The van der Waals surface area contributed by atoms with E-state index in [-0.39, 0.29) is 0 Å². The van der Waals surface area contributed by atoms with Crippen molar-refractivity contribution in [3.63, 3.8) is 0 Å². The number of benzene rings is 1. The Bertz CT molecular complexity index is 612. The highest BCUT2D eigenvalue weighted by Crippen LogP contribution is 2.21. The van der Waals surface area contributed by atoms with E-state index in [1.165, 1.54) is 0 Å². The van der Waals surface area contributed by atoms with Gasteiger partial charge < -0.3 is 10.6 Å². The molecule has 0 bridgehead atoms. The topological polar surface area (TPSA) is 41.9 Å². The number of anilines is 1. The molecule has 2 rings (SSSR count). The summed E-state index contributed by atoms with van der Waals surface area (Å²) in [4.78, 5) is 0. The fourth-order valence-electron chi connectivity index (χ4n) is 1.66. The molecule has 7 heteroatoms. The molecule has 0 aliphatic carbocycles. The second-order valence-electron chi connectivity index (χ2n) is 4.12. The highest BCUT2D eigenvalue weighted by molar-refractivity contribution is 7.80. The van der Waals surface area contributed by atoms with Gasteiger partial charge in [0.05, 0.1) is 6.54 Å². The highest BCUT2D eigenvalue weighted by atomic mass is 35.5. The van der Waals surface area contributed by atoms with Gasteiger partial charge in [0.25, 0.3) is 0 Å². The molecular formula is C13H14Cl2N4S. The first-order chi connectivity index (χ1) is 9.58. The third-order valence-corrected chi connectivity index (χ3v) is 3.40. The summed E-state index contributed by atoms with van der Waals surface area (Å²) in [6.07, 6.45) is 1.86. The molecular weight excluding hydrogens is 315 g/mol. The van der Waals surface area contributed by atoms with Crippen molar-refractivity contribution in [1.82, 2.24) is 15.1 Å². The smallest absolute Gasteiger partial charge is 0.171 e. The second kappa shape index (κ2) is 6.92. The fraction of sp³-hybridized carbons (Fsp3) is 0.231. The van der Waals surface area contributed by atoms with Crippen molar-refractivity contribution >= 4 is 46.4 Å². The van der Waals surface area contributed by atoms with Gasteiger partial charge in [0.15, 0.2) is 10.9 Å². The van der Waals surface area contributed by atoms with Gasteiger partial charge >= 0.3 is 0 Å². The van der Waals surface area contributed by atoms with Crippen molar-refractivity contribution in [2.75, 3.05) is 11.9 Å². The lowest BCUT2D eigenvalue weighted by Gasteiger charge is -2.06. The number of thiocarbonyl (C=S) groups is 1. The summed E-state index contributed by atoms with van der Waals surface area (Å²) in [6.45, 7) is 3.33. The largest absolute Gasteiger partial charge is 0.363 e. The van der Waals surface area contributed by atoms with Crippen molar-refractivity contribution in [3.8, 4) is 0 Å². The van der Waals surface area contributed by atoms with Gasteiger partial charge in [-0.1, -0.05) is 29.3 Å². The van der Waals surface area contributed by atoms with Crippen LogP contribution in [0.4, 0.5) is 5.82 Å². The van der Waals surface area contributed by atoms with Gasteiger partial charge in [0.1, 0.15) is 0 Å². The summed E-state index contributed by atoms with van der Waals surface area (Å²) in [6, 6.07) is 7.28. The molecule has 0 unspecified atom stereocenters. The summed E-state index contributed by atoms with van der Waals surface area (Å²) >= 11 is 17.1. The van der Waals surface area contributed by atoms with Gasteiger partial charge in [0.2, 0.25) is 0 Å². The first kappa shape index (κ1) is 15.1. The number of rotatable bonds is 4. The Hall–Kier alpha value is -1.30. The normalized spacial score (nSPS) is 10.3. The standard InChI is InChI=1S/C13H14Cl2N4S/c1-2-16-13(20)17-12-5-6-19(18-12)8-9-3-4-10(14)7-11(9)15/h3-7H,2,8H2,1H3,(H2,16,17,18,20). The lowest BCUT2D eigenvalue weighted by Crippen LogP contribution is -2.28. The highest BCUT2D eigenvalue weighted by Gasteiger charge is 2.05. The van der Waals surface area contributed by atoms with Gasteiger partial charge in [-0.05, 0) is 36.8 Å². The van der Waals surface area contributed by atoms with Crippen LogP contribution in [0.1, 0.15) is 12.5 Å². The van der Waals surface area contributed by atoms with Crippen LogP contribution in [0.25, 0.3) is 0 Å². The van der Waals surface area contributed by atoms with Crippen LogP contribution in [0.5, 0.6) is 0 Å². The van der Waals surface area contributed by atoms with Crippen molar-refractivity contribution < 1.29 is 0 Å². The Balaban J connectivity index is 2.04. The van der Waals surface area contributed by atoms with Crippen molar-refractivity contribution in [2.24, 2.45) is 0 Å². The molecule has 0 spiro atoms. The van der Waals surface area contributed by atoms with Gasteiger partial charge in [0, 0.05) is 28.9 Å². The lowest BCUT2D eigenvalue weighted by atomic mass is 10.2. The molecule has 2 N–H and O–H groups in total. The maximum absolute atomic E-state index is 6.14. The van der Waals surface area contributed by atoms with Crippen molar-refractivity contribution in [1.29, 1.82) is 0 Å². The van der Waals surface area contributed by atoms with E-state index in [0.29, 0.717) is 27.5 Å². The monoisotopic (exact) mass is 328 g/mol. The predicted octanol–water partition coefficient (Wildman–Crippen LogP) is 3.54. The molecule has 0 saturated heterocycles. The van der Waals surface area contributed by atoms with Gasteiger partial charge in [-0.25, -0.2) is 0 Å². The first-order valence-electron chi connectivity index (χ1n) is 6.10. The molecule has 0 saturated carbocycles. The van der Waals surface area contributed by atoms with Gasteiger partial charge in [-0.15, -0.1) is 0 Å². The molecule has 0 atom stereocenters. The third kappa shape index (κ3) is 4.10. The minimum absolute atomic E-state index is 0.558. The Kier molecular flexibility index (Phi) is 5.23.